The summed E-state index contributed by atoms with van der Waals surface area (Å²) in [6.07, 6.45) is 0.968. The molecule has 0 aliphatic carbocycles. The van der Waals surface area contributed by atoms with Gasteiger partial charge in [0.2, 0.25) is 0 Å². The third-order valence-electron chi connectivity index (χ3n) is 4.79. The van der Waals surface area contributed by atoms with Crippen molar-refractivity contribution in [2.24, 2.45) is 11.5 Å². The van der Waals surface area contributed by atoms with Crippen molar-refractivity contribution in [1.29, 1.82) is 5.41 Å². The Labute approximate surface area is 191 Å². The summed E-state index contributed by atoms with van der Waals surface area (Å²) in [7, 11) is 4.11. The maximum atomic E-state index is 6.06. The number of hydrogen-bond donors (Lipinski definition) is 3. The third kappa shape index (κ3) is 7.93. The van der Waals surface area contributed by atoms with Gasteiger partial charge in [0.15, 0.2) is 5.96 Å². The second-order valence-corrected chi connectivity index (χ2v) is 7.57. The van der Waals surface area contributed by atoms with Crippen LogP contribution in [0.2, 0.25) is 0 Å². The molecule has 0 aromatic heterocycles. The molecule has 5 nitrogen and oxygen atoms in total. The van der Waals surface area contributed by atoms with Crippen LogP contribution in [-0.4, -0.2) is 38.1 Å². The van der Waals surface area contributed by atoms with Crippen LogP contribution in [0.15, 0.2) is 84.9 Å². The van der Waals surface area contributed by atoms with Crippen LogP contribution in [0.3, 0.4) is 0 Å². The summed E-state index contributed by atoms with van der Waals surface area (Å²) in [5, 5.41) is 6.06. The molecule has 0 saturated heterocycles. The van der Waals surface area contributed by atoms with Crippen molar-refractivity contribution >= 4 is 17.1 Å². The van der Waals surface area contributed by atoms with E-state index in [9.17, 15) is 0 Å². The first-order valence-electron chi connectivity index (χ1n) is 10.7. The van der Waals surface area contributed by atoms with Gasteiger partial charge < -0.3 is 21.1 Å². The van der Waals surface area contributed by atoms with Gasteiger partial charge in [-0.3, -0.25) is 5.41 Å². The van der Waals surface area contributed by atoms with Gasteiger partial charge in [0, 0.05) is 6.54 Å². The average Bonchev–Trinajstić information content (AvgIpc) is 2.78. The Balaban J connectivity index is 0.000000837. The number of hydrogen-bond acceptors (Lipinski definition) is 3. The van der Waals surface area contributed by atoms with Crippen molar-refractivity contribution in [3.8, 4) is 5.75 Å². The fraction of sp³-hybridized carbons (Fsp3) is 0.222. The molecule has 0 bridgehead atoms. The molecule has 0 radical (unpaired) electrons. The second-order valence-electron chi connectivity index (χ2n) is 7.57. The van der Waals surface area contributed by atoms with Crippen molar-refractivity contribution in [3.63, 3.8) is 0 Å². The maximum absolute atomic E-state index is 6.06. The summed E-state index contributed by atoms with van der Waals surface area (Å²) in [4.78, 5) is 2.12. The van der Waals surface area contributed by atoms with Crippen molar-refractivity contribution in [2.45, 2.75) is 13.3 Å². The number of likely N-dealkylation sites (N-methyl/N-ethyl adjacent to an activating group) is 1. The van der Waals surface area contributed by atoms with Gasteiger partial charge in [0.25, 0.3) is 0 Å². The molecule has 0 spiro atoms. The van der Waals surface area contributed by atoms with Gasteiger partial charge in [0.05, 0.1) is 0 Å². The van der Waals surface area contributed by atoms with Crippen LogP contribution in [0, 0.1) is 5.41 Å². The smallest absolute Gasteiger partial charge is 0.183 e. The summed E-state index contributed by atoms with van der Waals surface area (Å²) >= 11 is 0. The van der Waals surface area contributed by atoms with Gasteiger partial charge in [-0.25, -0.2) is 0 Å². The molecule has 0 aliphatic rings. The van der Waals surface area contributed by atoms with E-state index in [1.54, 1.807) is 0 Å². The molecule has 0 heterocycles. The first kappa shape index (κ1) is 24.7. The molecule has 0 fully saturated rings. The molecule has 168 valence electrons. The van der Waals surface area contributed by atoms with Crippen LogP contribution in [0.1, 0.15) is 30.0 Å². The molecule has 5 heteroatoms. The van der Waals surface area contributed by atoms with E-state index in [0.29, 0.717) is 6.61 Å². The largest absolute Gasteiger partial charge is 0.492 e. The van der Waals surface area contributed by atoms with Gasteiger partial charge in [-0.2, -0.15) is 0 Å². The lowest BCUT2D eigenvalue weighted by Gasteiger charge is -2.17. The predicted molar refractivity (Wildman–Crippen MR) is 136 cm³/mol. The molecular formula is C27H34N4O. The van der Waals surface area contributed by atoms with E-state index in [4.69, 9.17) is 10.1 Å². The highest BCUT2D eigenvalue weighted by molar-refractivity contribution is 5.98. The summed E-state index contributed by atoms with van der Waals surface area (Å²) in [6.45, 7) is 3.83. The van der Waals surface area contributed by atoms with Crippen LogP contribution >= 0.6 is 0 Å². The quantitative estimate of drug-likeness (QED) is 0.271. The Bertz CT molecular complexity index is 977. The molecule has 0 unspecified atom stereocenters. The van der Waals surface area contributed by atoms with Crippen molar-refractivity contribution in [3.05, 3.63) is 102 Å². The zero-order valence-corrected chi connectivity index (χ0v) is 19.2. The predicted octanol–water partition coefficient (Wildman–Crippen LogP) is 4.83. The highest BCUT2D eigenvalue weighted by atomic mass is 16.5. The zero-order chi connectivity index (χ0) is 23.3. The van der Waals surface area contributed by atoms with E-state index in [2.05, 4.69) is 122 Å². The third-order valence-corrected chi connectivity index (χ3v) is 4.79. The lowest BCUT2D eigenvalue weighted by molar-refractivity contribution is 0.261. The Hall–Kier alpha value is -3.57. The highest BCUT2D eigenvalue weighted by Gasteiger charge is 2.13. The highest BCUT2D eigenvalue weighted by Crippen LogP contribution is 2.34. The van der Waals surface area contributed by atoms with E-state index in [0.717, 1.165) is 18.7 Å². The summed E-state index contributed by atoms with van der Waals surface area (Å²) in [5.74, 6) is 0.579. The lowest BCUT2D eigenvalue weighted by Crippen LogP contribution is -2.20. The molecule has 5 N–H and O–H groups in total. The van der Waals surface area contributed by atoms with Gasteiger partial charge in [-0.05, 0) is 60.5 Å². The van der Waals surface area contributed by atoms with Crippen LogP contribution in [-0.2, 0) is 0 Å². The Kier molecular flexibility index (Phi) is 10.0. The number of allylic oxidation sites excluding steroid dienone is 1. The molecule has 3 aromatic carbocycles. The normalized spacial score (nSPS) is 11.2. The number of nitrogens with zero attached hydrogens (tertiary/aromatic N) is 1. The molecule has 0 aliphatic heterocycles. The molecule has 0 saturated carbocycles. The van der Waals surface area contributed by atoms with Crippen LogP contribution in [0.4, 0.5) is 0 Å². The van der Waals surface area contributed by atoms with E-state index < -0.39 is 0 Å². The molecule has 3 aromatic rings. The van der Waals surface area contributed by atoms with Gasteiger partial charge in [-0.1, -0.05) is 79.7 Å². The second kappa shape index (κ2) is 13.0. The molecule has 0 amide bonds. The SMILES string of the molecule is CC/C(=C(\c1ccccc1)c1ccc(OCCN(C)C)cc1)c1ccccc1.N=C(N)N. The lowest BCUT2D eigenvalue weighted by atomic mass is 9.88. The minimum atomic E-state index is -0.333. The molecule has 0 atom stereocenters. The number of ether oxygens (including phenoxy) is 1. The number of benzene rings is 3. The van der Waals surface area contributed by atoms with E-state index in [1.165, 1.54) is 27.8 Å². The first-order valence-corrected chi connectivity index (χ1v) is 10.7. The average molecular weight is 431 g/mol. The molecule has 3 rings (SSSR count). The molecular weight excluding hydrogens is 396 g/mol. The van der Waals surface area contributed by atoms with Crippen LogP contribution in [0.25, 0.3) is 11.1 Å². The first-order chi connectivity index (χ1) is 15.4. The molecule has 32 heavy (non-hydrogen) atoms. The van der Waals surface area contributed by atoms with Crippen molar-refractivity contribution < 1.29 is 4.74 Å². The number of nitrogens with two attached hydrogens (primary N) is 2. The summed E-state index contributed by atoms with van der Waals surface area (Å²) in [6, 6.07) is 29.8. The standard InChI is InChI=1S/C26H29NO.CH5N3/c1-4-25(21-11-7-5-8-12-21)26(22-13-9-6-10-14-22)23-15-17-24(18-16-23)28-20-19-27(2)3;2-1(3)4/h5-18H,4,19-20H2,1-3H3;(H5,2,3,4)/b26-25-;. The Morgan fingerprint density at radius 1 is 0.781 bits per heavy atom. The fourth-order valence-corrected chi connectivity index (χ4v) is 3.35. The number of nitrogens with one attached hydrogen (secondary N) is 1. The minimum absolute atomic E-state index is 0.333. The topological polar surface area (TPSA) is 88.4 Å². The van der Waals surface area contributed by atoms with Crippen molar-refractivity contribution in [2.75, 3.05) is 27.2 Å². The van der Waals surface area contributed by atoms with Crippen LogP contribution < -0.4 is 16.2 Å². The number of rotatable bonds is 8. The monoisotopic (exact) mass is 430 g/mol. The summed E-state index contributed by atoms with van der Waals surface area (Å²) in [5.41, 5.74) is 15.3. The fourth-order valence-electron chi connectivity index (χ4n) is 3.35. The minimum Gasteiger partial charge on any atom is -0.492 e. The van der Waals surface area contributed by atoms with Crippen LogP contribution in [0.5, 0.6) is 5.75 Å². The zero-order valence-electron chi connectivity index (χ0n) is 19.2. The van der Waals surface area contributed by atoms with E-state index in [-0.39, 0.29) is 5.96 Å². The maximum Gasteiger partial charge on any atom is 0.183 e. The van der Waals surface area contributed by atoms with Gasteiger partial charge >= 0.3 is 0 Å². The summed E-state index contributed by atoms with van der Waals surface area (Å²) < 4.78 is 5.87. The number of guanidine groups is 1. The Morgan fingerprint density at radius 2 is 1.25 bits per heavy atom. The Morgan fingerprint density at radius 3 is 1.72 bits per heavy atom. The van der Waals surface area contributed by atoms with Gasteiger partial charge in [0.1, 0.15) is 12.4 Å². The van der Waals surface area contributed by atoms with Crippen molar-refractivity contribution in [1.82, 2.24) is 4.90 Å². The van der Waals surface area contributed by atoms with Gasteiger partial charge in [-0.15, -0.1) is 0 Å². The van der Waals surface area contributed by atoms with E-state index in [1.807, 2.05) is 0 Å². The van der Waals surface area contributed by atoms with E-state index >= 15 is 0 Å².